The summed E-state index contributed by atoms with van der Waals surface area (Å²) >= 11 is 0. The third-order valence-corrected chi connectivity index (χ3v) is 8.20. The molecule has 5 amide bonds. The first-order chi connectivity index (χ1) is 20.4. The Labute approximate surface area is 261 Å². The molecule has 0 aromatic heterocycles. The van der Waals surface area contributed by atoms with Crippen molar-refractivity contribution in [1.29, 1.82) is 0 Å². The van der Waals surface area contributed by atoms with Gasteiger partial charge in [0.05, 0.1) is 6.04 Å². The zero-order chi connectivity index (χ0) is 33.4. The molecule has 12 heteroatoms. The second-order valence-corrected chi connectivity index (χ2v) is 13.8. The summed E-state index contributed by atoms with van der Waals surface area (Å²) in [5, 5.41) is 10.6. The van der Waals surface area contributed by atoms with Crippen LogP contribution in [0, 0.1) is 17.3 Å². The molecule has 4 N–H and O–H groups in total. The Kier molecular flexibility index (Phi) is 13.0. The van der Waals surface area contributed by atoms with Crippen LogP contribution in [-0.2, 0) is 28.7 Å². The van der Waals surface area contributed by atoms with Gasteiger partial charge in [-0.2, -0.15) is 0 Å². The summed E-state index contributed by atoms with van der Waals surface area (Å²) in [6.45, 7) is 18.5. The fourth-order valence-electron chi connectivity index (χ4n) is 5.35. The smallest absolute Gasteiger partial charge is 0.329 e. The second kappa shape index (κ2) is 15.5. The lowest BCUT2D eigenvalue weighted by Crippen LogP contribution is -2.61. The van der Waals surface area contributed by atoms with Crippen LogP contribution in [0.2, 0.25) is 0 Å². The Morgan fingerprint density at radius 1 is 0.977 bits per heavy atom. The number of urea groups is 1. The van der Waals surface area contributed by atoms with Crippen molar-refractivity contribution in [3.8, 4) is 0 Å². The Morgan fingerprint density at radius 3 is 2.14 bits per heavy atom. The number of carbonyl (C=O) groups excluding carboxylic acids is 6. The molecule has 4 unspecified atom stereocenters. The Morgan fingerprint density at radius 2 is 1.61 bits per heavy atom. The molecule has 248 valence electrons. The summed E-state index contributed by atoms with van der Waals surface area (Å²) in [5.41, 5.74) is -1.38. The van der Waals surface area contributed by atoms with E-state index in [2.05, 4.69) is 27.8 Å². The molecule has 0 aromatic carbocycles. The molecule has 0 radical (unpaired) electrons. The summed E-state index contributed by atoms with van der Waals surface area (Å²) in [7, 11) is 0. The van der Waals surface area contributed by atoms with Gasteiger partial charge in [0.2, 0.25) is 17.6 Å². The molecule has 2 aliphatic rings. The minimum atomic E-state index is -1.03. The normalized spacial score (nSPS) is 18.9. The molecule has 4 atom stereocenters. The highest BCUT2D eigenvalue weighted by Gasteiger charge is 2.44. The molecule has 1 aliphatic carbocycles. The average molecular weight is 620 g/mol. The Hall–Kier alpha value is -3.44. The number of hydrogen-bond acceptors (Lipinski definition) is 7. The van der Waals surface area contributed by atoms with Gasteiger partial charge in [0, 0.05) is 13.1 Å². The molecule has 0 aromatic rings. The van der Waals surface area contributed by atoms with Crippen LogP contribution < -0.4 is 21.3 Å². The molecule has 0 spiro atoms. The first kappa shape index (κ1) is 36.8. The third-order valence-electron chi connectivity index (χ3n) is 8.20. The molecule has 12 nitrogen and oxygen atoms in total. The number of nitrogens with one attached hydrogen (secondary N) is 4. The highest BCUT2D eigenvalue weighted by Crippen LogP contribution is 2.41. The van der Waals surface area contributed by atoms with Crippen LogP contribution in [0.15, 0.2) is 12.7 Å². The number of esters is 1. The third kappa shape index (κ3) is 10.1. The quantitative estimate of drug-likeness (QED) is 0.124. The maximum absolute atomic E-state index is 13.9. The molecule has 1 saturated carbocycles. The van der Waals surface area contributed by atoms with Crippen LogP contribution in [0.25, 0.3) is 0 Å². The summed E-state index contributed by atoms with van der Waals surface area (Å²) in [6.07, 6.45) is 5.16. The Balaban J connectivity index is 2.15. The highest BCUT2D eigenvalue weighted by atomic mass is 16.6. The monoisotopic (exact) mass is 619 g/mol. The van der Waals surface area contributed by atoms with E-state index in [4.69, 9.17) is 4.74 Å². The molecule has 2 fully saturated rings. The molecule has 44 heavy (non-hydrogen) atoms. The minimum Gasteiger partial charge on any atom is -0.458 e. The van der Waals surface area contributed by atoms with Crippen molar-refractivity contribution < 1.29 is 33.5 Å². The molecule has 1 saturated heterocycles. The van der Waals surface area contributed by atoms with E-state index in [1.54, 1.807) is 34.6 Å². The van der Waals surface area contributed by atoms with Crippen LogP contribution in [0.1, 0.15) is 93.9 Å². The van der Waals surface area contributed by atoms with Gasteiger partial charge in [-0.25, -0.2) is 9.59 Å². The zero-order valence-corrected chi connectivity index (χ0v) is 27.7. The summed E-state index contributed by atoms with van der Waals surface area (Å²) < 4.78 is 5.77. The van der Waals surface area contributed by atoms with E-state index in [1.165, 1.54) is 11.0 Å². The van der Waals surface area contributed by atoms with E-state index in [0.29, 0.717) is 25.2 Å². The van der Waals surface area contributed by atoms with Gasteiger partial charge in [0.25, 0.3) is 5.91 Å². The highest BCUT2D eigenvalue weighted by molar-refractivity contribution is 6.38. The fourth-order valence-corrected chi connectivity index (χ4v) is 5.35. The number of Topliss-reactive ketones (excluding diaryl/α,β-unsaturated/α-hetero) is 1. The fraction of sp³-hybridized carbons (Fsp3) is 0.750. The number of nitrogens with zero attached hydrogens (tertiary/aromatic N) is 1. The molecule has 2 rings (SSSR count). The zero-order valence-electron chi connectivity index (χ0n) is 27.7. The predicted molar refractivity (Wildman–Crippen MR) is 166 cm³/mol. The number of ether oxygens (including phenoxy) is 1. The van der Waals surface area contributed by atoms with Crippen molar-refractivity contribution in [1.82, 2.24) is 26.2 Å². The Bertz CT molecular complexity index is 1090. The van der Waals surface area contributed by atoms with Crippen molar-refractivity contribution in [3.05, 3.63) is 12.7 Å². The first-order valence-electron chi connectivity index (χ1n) is 15.8. The van der Waals surface area contributed by atoms with E-state index >= 15 is 0 Å². The number of rotatable bonds is 15. The standard InChI is InChI=1S/C32H53N5O7/c1-10-13-21(24(38)27(40)33-17-11-2)34-26(39)22-14-12-18-37(22)28(41)25(31(5,6)7)36-30(43)35-23(19(3)4)29(42)44-32(8,9)20-15-16-20/h11,19-23,25H,2,10,12-18H2,1,3-9H3,(H,33,40)(H,34,39)(H2,35,36,43). The van der Waals surface area contributed by atoms with Gasteiger partial charge in [0.15, 0.2) is 0 Å². The van der Waals surface area contributed by atoms with E-state index < -0.39 is 70.7 Å². The maximum Gasteiger partial charge on any atom is 0.329 e. The number of likely N-dealkylation sites (tertiary alicyclic amines) is 1. The van der Waals surface area contributed by atoms with Gasteiger partial charge in [-0.3, -0.25) is 19.2 Å². The summed E-state index contributed by atoms with van der Waals surface area (Å²) in [6, 6.07) is -4.55. The van der Waals surface area contributed by atoms with Gasteiger partial charge >= 0.3 is 12.0 Å². The van der Waals surface area contributed by atoms with Gasteiger partial charge in [0.1, 0.15) is 23.7 Å². The van der Waals surface area contributed by atoms with E-state index in [9.17, 15) is 28.8 Å². The van der Waals surface area contributed by atoms with Crippen LogP contribution in [0.4, 0.5) is 4.79 Å². The van der Waals surface area contributed by atoms with Crippen LogP contribution in [0.5, 0.6) is 0 Å². The van der Waals surface area contributed by atoms with Crippen molar-refractivity contribution in [3.63, 3.8) is 0 Å². The summed E-state index contributed by atoms with van der Waals surface area (Å²) in [5.74, 6) is -3.06. The number of ketones is 1. The topological polar surface area (TPSA) is 163 Å². The van der Waals surface area contributed by atoms with Gasteiger partial charge in [-0.15, -0.1) is 6.58 Å². The van der Waals surface area contributed by atoms with Crippen molar-refractivity contribution in [2.45, 2.75) is 124 Å². The molecule has 1 aliphatic heterocycles. The number of hydrogen-bond donors (Lipinski definition) is 4. The van der Waals surface area contributed by atoms with Crippen LogP contribution in [0.3, 0.4) is 0 Å². The lowest BCUT2D eigenvalue weighted by atomic mass is 9.85. The van der Waals surface area contributed by atoms with Crippen molar-refractivity contribution in [2.75, 3.05) is 13.1 Å². The first-order valence-corrected chi connectivity index (χ1v) is 15.8. The molecule has 0 bridgehead atoms. The largest absolute Gasteiger partial charge is 0.458 e. The number of carbonyl (C=O) groups is 6. The van der Waals surface area contributed by atoms with Crippen LogP contribution in [-0.4, -0.2) is 83.3 Å². The number of amides is 5. The van der Waals surface area contributed by atoms with Gasteiger partial charge in [-0.05, 0) is 63.2 Å². The van der Waals surface area contributed by atoms with E-state index in [1.807, 2.05) is 20.8 Å². The molecule has 1 heterocycles. The molecular formula is C32H53N5O7. The van der Waals surface area contributed by atoms with Crippen molar-refractivity contribution in [2.24, 2.45) is 17.3 Å². The maximum atomic E-state index is 13.9. The molecular weight excluding hydrogens is 566 g/mol. The van der Waals surface area contributed by atoms with E-state index in [0.717, 1.165) is 12.8 Å². The van der Waals surface area contributed by atoms with Crippen molar-refractivity contribution >= 4 is 35.5 Å². The lowest BCUT2D eigenvalue weighted by Gasteiger charge is -2.36. The minimum absolute atomic E-state index is 0.120. The summed E-state index contributed by atoms with van der Waals surface area (Å²) in [4.78, 5) is 80.0. The predicted octanol–water partition coefficient (Wildman–Crippen LogP) is 2.60. The van der Waals surface area contributed by atoms with E-state index in [-0.39, 0.29) is 25.4 Å². The second-order valence-electron chi connectivity index (χ2n) is 13.8. The lowest BCUT2D eigenvalue weighted by molar-refractivity contribution is -0.162. The van der Waals surface area contributed by atoms with Gasteiger partial charge < -0.3 is 30.9 Å². The SMILES string of the molecule is C=CCNC(=O)C(=O)C(CCC)NC(=O)C1CCCN1C(=O)C(NC(=O)NC(C(=O)OC(C)(C)C1CC1)C(C)C)C(C)(C)C. The average Bonchev–Trinajstić information content (AvgIpc) is 3.69. The van der Waals surface area contributed by atoms with Crippen LogP contribution >= 0.6 is 0 Å². The van der Waals surface area contributed by atoms with Gasteiger partial charge in [-0.1, -0.05) is 54.0 Å².